The van der Waals surface area contributed by atoms with Crippen molar-refractivity contribution in [1.82, 2.24) is 19.3 Å². The van der Waals surface area contributed by atoms with Crippen LogP contribution in [0.25, 0.3) is 11.4 Å². The van der Waals surface area contributed by atoms with Crippen LogP contribution in [0.4, 0.5) is 0 Å². The molecule has 0 bridgehead atoms. The number of hydrogen-bond donors (Lipinski definition) is 0. The van der Waals surface area contributed by atoms with Crippen molar-refractivity contribution in [2.45, 2.75) is 6.61 Å². The van der Waals surface area contributed by atoms with Gasteiger partial charge in [0.2, 0.25) is 5.82 Å². The van der Waals surface area contributed by atoms with Gasteiger partial charge in [-0.05, 0) is 12.1 Å². The Morgan fingerprint density at radius 1 is 1.21 bits per heavy atom. The first-order chi connectivity index (χ1) is 11.5. The van der Waals surface area contributed by atoms with Gasteiger partial charge >= 0.3 is 11.8 Å². The fraction of sp³-hybridized carbons (Fsp3) is 0.200. The van der Waals surface area contributed by atoms with E-state index in [1.165, 1.54) is 17.7 Å². The Labute approximate surface area is 140 Å². The quantitative estimate of drug-likeness (QED) is 0.707. The average molecular weight is 349 g/mol. The molecule has 0 aliphatic carbocycles. The Bertz CT molecular complexity index is 1010. The molecule has 0 unspecified atom stereocenters. The Morgan fingerprint density at radius 3 is 2.71 bits per heavy atom. The number of nitrogens with zero attached hydrogens (tertiary/aromatic N) is 4. The van der Waals surface area contributed by atoms with Gasteiger partial charge < -0.3 is 4.74 Å². The number of ether oxygens (including phenoxy) is 1. The standard InChI is InChI=1S/C15H13ClN4O4/c1-19-9(7-12(21)20(2)15(19)22)8-23-14-17-13(18-24-14)10-5-3-4-6-11(10)16/h3-7H,8H2,1-2H3. The van der Waals surface area contributed by atoms with Gasteiger partial charge in [0.05, 0.1) is 10.7 Å². The topological polar surface area (TPSA) is 92.2 Å². The van der Waals surface area contributed by atoms with Crippen molar-refractivity contribution >= 4 is 11.6 Å². The number of aromatic nitrogens is 4. The van der Waals surface area contributed by atoms with E-state index in [1.54, 1.807) is 31.3 Å². The summed E-state index contributed by atoms with van der Waals surface area (Å²) in [4.78, 5) is 27.6. The average Bonchev–Trinajstić information content (AvgIpc) is 3.04. The summed E-state index contributed by atoms with van der Waals surface area (Å²) in [7, 11) is 2.95. The Morgan fingerprint density at radius 2 is 1.96 bits per heavy atom. The molecule has 0 aliphatic rings. The lowest BCUT2D eigenvalue weighted by Crippen LogP contribution is -2.38. The molecule has 2 aromatic heterocycles. The van der Waals surface area contributed by atoms with Gasteiger partial charge in [-0.15, -0.1) is 0 Å². The summed E-state index contributed by atoms with van der Waals surface area (Å²) in [6.45, 7) is -0.0635. The molecule has 0 atom stereocenters. The Balaban J connectivity index is 1.81. The van der Waals surface area contributed by atoms with Crippen molar-refractivity contribution in [3.63, 3.8) is 0 Å². The van der Waals surface area contributed by atoms with Crippen LogP contribution in [-0.4, -0.2) is 19.3 Å². The molecule has 3 aromatic rings. The van der Waals surface area contributed by atoms with Crippen LogP contribution in [-0.2, 0) is 20.7 Å². The molecule has 3 rings (SSSR count). The van der Waals surface area contributed by atoms with Crippen LogP contribution in [0.1, 0.15) is 5.69 Å². The minimum atomic E-state index is -0.441. The molecule has 9 heteroatoms. The third-order valence-corrected chi connectivity index (χ3v) is 3.82. The zero-order valence-electron chi connectivity index (χ0n) is 12.9. The summed E-state index contributed by atoms with van der Waals surface area (Å²) < 4.78 is 12.7. The summed E-state index contributed by atoms with van der Waals surface area (Å²) >= 11 is 6.07. The second kappa shape index (κ2) is 6.32. The smallest absolute Gasteiger partial charge is 0.418 e. The van der Waals surface area contributed by atoms with Crippen LogP contribution in [0, 0.1) is 0 Å². The monoisotopic (exact) mass is 348 g/mol. The minimum absolute atomic E-state index is 0.0635. The summed E-state index contributed by atoms with van der Waals surface area (Å²) in [5.74, 6) is 0.286. The van der Waals surface area contributed by atoms with E-state index in [1.807, 2.05) is 0 Å². The molecule has 0 fully saturated rings. The third kappa shape index (κ3) is 2.95. The van der Waals surface area contributed by atoms with Crippen molar-refractivity contribution in [2.24, 2.45) is 14.1 Å². The molecule has 0 amide bonds. The van der Waals surface area contributed by atoms with Gasteiger partial charge in [-0.1, -0.05) is 28.9 Å². The van der Waals surface area contributed by atoms with Crippen molar-refractivity contribution in [2.75, 3.05) is 0 Å². The van der Waals surface area contributed by atoms with Gasteiger partial charge in [-0.3, -0.25) is 18.5 Å². The van der Waals surface area contributed by atoms with E-state index in [4.69, 9.17) is 20.9 Å². The molecule has 0 aliphatic heterocycles. The van der Waals surface area contributed by atoms with Gasteiger partial charge in [-0.25, -0.2) is 4.79 Å². The van der Waals surface area contributed by atoms with Gasteiger partial charge in [0.25, 0.3) is 5.56 Å². The molecule has 0 N–H and O–H groups in total. The van der Waals surface area contributed by atoms with Crippen molar-refractivity contribution in [3.8, 4) is 17.5 Å². The van der Waals surface area contributed by atoms with Crippen LogP contribution in [0.5, 0.6) is 6.08 Å². The van der Waals surface area contributed by atoms with E-state index in [0.717, 1.165) is 4.57 Å². The van der Waals surface area contributed by atoms with Crippen LogP contribution < -0.4 is 16.0 Å². The number of benzene rings is 1. The fourth-order valence-electron chi connectivity index (χ4n) is 2.07. The number of halogens is 1. The number of rotatable bonds is 4. The van der Waals surface area contributed by atoms with E-state index in [0.29, 0.717) is 16.3 Å². The van der Waals surface area contributed by atoms with Gasteiger partial charge in [-0.2, -0.15) is 4.98 Å². The highest BCUT2D eigenvalue weighted by atomic mass is 35.5. The molecule has 8 nitrogen and oxygen atoms in total. The first-order valence-electron chi connectivity index (χ1n) is 6.94. The summed E-state index contributed by atoms with van der Waals surface area (Å²) in [5.41, 5.74) is 0.140. The fourth-order valence-corrected chi connectivity index (χ4v) is 2.29. The second-order valence-electron chi connectivity index (χ2n) is 5.03. The summed E-state index contributed by atoms with van der Waals surface area (Å²) in [6.07, 6.45) is -0.0851. The predicted octanol–water partition coefficient (Wildman–Crippen LogP) is 1.37. The maximum absolute atomic E-state index is 11.9. The molecule has 0 saturated carbocycles. The van der Waals surface area contributed by atoms with Gasteiger partial charge in [0.15, 0.2) is 0 Å². The molecule has 0 saturated heterocycles. The molecule has 2 heterocycles. The molecular formula is C15H13ClN4O4. The van der Waals surface area contributed by atoms with E-state index in [-0.39, 0.29) is 18.5 Å². The normalized spacial score (nSPS) is 10.8. The Kier molecular flexibility index (Phi) is 4.22. The van der Waals surface area contributed by atoms with Gasteiger partial charge in [0.1, 0.15) is 6.61 Å². The first-order valence-corrected chi connectivity index (χ1v) is 7.32. The lowest BCUT2D eigenvalue weighted by molar-refractivity contribution is 0.190. The highest BCUT2D eigenvalue weighted by molar-refractivity contribution is 6.33. The van der Waals surface area contributed by atoms with Gasteiger partial charge in [0, 0.05) is 25.7 Å². The predicted molar refractivity (Wildman–Crippen MR) is 86.0 cm³/mol. The zero-order valence-corrected chi connectivity index (χ0v) is 13.6. The van der Waals surface area contributed by atoms with E-state index < -0.39 is 11.2 Å². The molecule has 1 aromatic carbocycles. The van der Waals surface area contributed by atoms with Crippen molar-refractivity contribution < 1.29 is 9.26 Å². The largest absolute Gasteiger partial charge is 0.442 e. The van der Waals surface area contributed by atoms with Crippen LogP contribution >= 0.6 is 11.6 Å². The maximum atomic E-state index is 11.9. The van der Waals surface area contributed by atoms with Crippen molar-refractivity contribution in [3.05, 3.63) is 61.9 Å². The SMILES string of the molecule is Cn1c(COc2nc(-c3ccccc3Cl)no2)cc(=O)n(C)c1=O. The maximum Gasteiger partial charge on any atom is 0.418 e. The molecule has 124 valence electrons. The molecule has 24 heavy (non-hydrogen) atoms. The zero-order chi connectivity index (χ0) is 17.3. The number of hydrogen-bond acceptors (Lipinski definition) is 6. The lowest BCUT2D eigenvalue weighted by atomic mass is 10.2. The summed E-state index contributed by atoms with van der Waals surface area (Å²) in [6, 6.07) is 8.37. The molecule has 0 spiro atoms. The lowest BCUT2D eigenvalue weighted by Gasteiger charge is -2.08. The first kappa shape index (κ1) is 16.0. The van der Waals surface area contributed by atoms with Crippen LogP contribution in [0.2, 0.25) is 5.02 Å². The third-order valence-electron chi connectivity index (χ3n) is 3.49. The van der Waals surface area contributed by atoms with E-state index in [9.17, 15) is 9.59 Å². The molecular weight excluding hydrogens is 336 g/mol. The highest BCUT2D eigenvalue weighted by Gasteiger charge is 2.13. The van der Waals surface area contributed by atoms with E-state index >= 15 is 0 Å². The Hall–Kier alpha value is -2.87. The van der Waals surface area contributed by atoms with E-state index in [2.05, 4.69) is 10.1 Å². The minimum Gasteiger partial charge on any atom is -0.442 e. The summed E-state index contributed by atoms with van der Waals surface area (Å²) in [5, 5.41) is 4.29. The second-order valence-corrected chi connectivity index (χ2v) is 5.43. The van der Waals surface area contributed by atoms with Crippen LogP contribution in [0.3, 0.4) is 0 Å². The van der Waals surface area contributed by atoms with Crippen LogP contribution in [0.15, 0.2) is 44.4 Å². The van der Waals surface area contributed by atoms with Crippen molar-refractivity contribution in [1.29, 1.82) is 0 Å². The molecule has 0 radical (unpaired) electrons. The highest BCUT2D eigenvalue weighted by Crippen LogP contribution is 2.26.